The number of aromatic nitrogens is 1. The van der Waals surface area contributed by atoms with Crippen molar-refractivity contribution >= 4 is 16.8 Å². The van der Waals surface area contributed by atoms with Gasteiger partial charge in [0, 0.05) is 11.8 Å². The summed E-state index contributed by atoms with van der Waals surface area (Å²) in [5, 5.41) is 0. The molecule has 2 N–H and O–H groups in total. The highest BCUT2D eigenvalue weighted by Crippen LogP contribution is 2.18. The third kappa shape index (κ3) is 3.45. The van der Waals surface area contributed by atoms with Gasteiger partial charge in [0.25, 0.3) is 0 Å². The molecule has 1 aromatic carbocycles. The van der Waals surface area contributed by atoms with Crippen LogP contribution in [-0.4, -0.2) is 24.3 Å². The first kappa shape index (κ1) is 12.9. The van der Waals surface area contributed by atoms with Crippen molar-refractivity contribution < 1.29 is 13.9 Å². The largest absolute Gasteiger partial charge is 0.438 e. The van der Waals surface area contributed by atoms with Crippen molar-refractivity contribution in [3.63, 3.8) is 0 Å². The fraction of sp³-hybridized carbons (Fsp3) is 0.462. The van der Waals surface area contributed by atoms with Gasteiger partial charge in [0.1, 0.15) is 12.1 Å². The second-order valence-corrected chi connectivity index (χ2v) is 4.31. The van der Waals surface area contributed by atoms with Crippen LogP contribution in [0.5, 0.6) is 0 Å². The van der Waals surface area contributed by atoms with Crippen LogP contribution in [0.15, 0.2) is 22.6 Å². The van der Waals surface area contributed by atoms with E-state index in [9.17, 15) is 0 Å². The number of fused-ring (bicyclic) bond motifs is 1. The zero-order chi connectivity index (χ0) is 13.0. The van der Waals surface area contributed by atoms with Crippen LogP contribution < -0.4 is 5.73 Å². The van der Waals surface area contributed by atoms with Crippen LogP contribution >= 0.6 is 0 Å². The quantitative estimate of drug-likeness (QED) is 0.629. The van der Waals surface area contributed by atoms with E-state index in [-0.39, 0.29) is 6.10 Å². The fourth-order valence-electron chi connectivity index (χ4n) is 1.55. The van der Waals surface area contributed by atoms with Gasteiger partial charge in [-0.05, 0) is 26.0 Å². The third-order valence-electron chi connectivity index (χ3n) is 2.36. The lowest BCUT2D eigenvalue weighted by atomic mass is 10.3. The number of benzene rings is 1. The number of oxazole rings is 1. The molecule has 0 saturated heterocycles. The van der Waals surface area contributed by atoms with Crippen molar-refractivity contribution in [1.82, 2.24) is 4.98 Å². The Kier molecular flexibility index (Phi) is 4.17. The molecule has 5 heteroatoms. The summed E-state index contributed by atoms with van der Waals surface area (Å²) < 4.78 is 16.3. The third-order valence-corrected chi connectivity index (χ3v) is 2.36. The van der Waals surface area contributed by atoms with E-state index in [0.717, 1.165) is 5.52 Å². The molecule has 0 fully saturated rings. The number of anilines is 1. The van der Waals surface area contributed by atoms with Gasteiger partial charge in [0.15, 0.2) is 5.58 Å². The lowest BCUT2D eigenvalue weighted by Gasteiger charge is -2.06. The monoisotopic (exact) mass is 250 g/mol. The zero-order valence-electron chi connectivity index (χ0n) is 10.7. The standard InChI is InChI=1S/C13H18N2O3/c1-9(2)17-6-5-16-8-13-15-11-4-3-10(14)7-12(11)18-13/h3-4,7,9H,5-6,8,14H2,1-2H3. The Hall–Kier alpha value is -1.59. The molecule has 0 atom stereocenters. The fourth-order valence-corrected chi connectivity index (χ4v) is 1.55. The summed E-state index contributed by atoms with van der Waals surface area (Å²) in [6, 6.07) is 5.39. The molecule has 0 spiro atoms. The Morgan fingerprint density at radius 2 is 2.17 bits per heavy atom. The van der Waals surface area contributed by atoms with Gasteiger partial charge in [-0.2, -0.15) is 0 Å². The molecule has 0 radical (unpaired) electrons. The van der Waals surface area contributed by atoms with Crippen LogP contribution in [0.25, 0.3) is 11.1 Å². The minimum atomic E-state index is 0.223. The van der Waals surface area contributed by atoms with E-state index in [0.29, 0.717) is 37.0 Å². The van der Waals surface area contributed by atoms with E-state index in [4.69, 9.17) is 19.6 Å². The minimum Gasteiger partial charge on any atom is -0.438 e. The summed E-state index contributed by atoms with van der Waals surface area (Å²) >= 11 is 0. The predicted octanol–water partition coefficient (Wildman–Crippen LogP) is 2.35. The van der Waals surface area contributed by atoms with Gasteiger partial charge in [-0.15, -0.1) is 0 Å². The van der Waals surface area contributed by atoms with Crippen molar-refractivity contribution in [2.45, 2.75) is 26.6 Å². The van der Waals surface area contributed by atoms with Crippen molar-refractivity contribution in [3.8, 4) is 0 Å². The first-order valence-electron chi connectivity index (χ1n) is 5.99. The Labute approximate surface area is 106 Å². The molecule has 2 rings (SSSR count). The Morgan fingerprint density at radius 1 is 1.33 bits per heavy atom. The molecule has 0 amide bonds. The van der Waals surface area contributed by atoms with E-state index in [1.54, 1.807) is 12.1 Å². The van der Waals surface area contributed by atoms with E-state index in [2.05, 4.69) is 4.98 Å². The molecule has 0 aliphatic heterocycles. The first-order chi connectivity index (χ1) is 8.65. The summed E-state index contributed by atoms with van der Waals surface area (Å²) in [6.07, 6.45) is 0.223. The summed E-state index contributed by atoms with van der Waals surface area (Å²) in [7, 11) is 0. The average Bonchev–Trinajstić information content (AvgIpc) is 2.70. The normalized spacial score (nSPS) is 11.5. The maximum absolute atomic E-state index is 5.67. The van der Waals surface area contributed by atoms with Crippen LogP contribution in [0.4, 0.5) is 5.69 Å². The summed E-state index contributed by atoms with van der Waals surface area (Å²) in [5.41, 5.74) is 7.81. The van der Waals surface area contributed by atoms with Crippen molar-refractivity contribution in [1.29, 1.82) is 0 Å². The number of rotatable bonds is 6. The average molecular weight is 250 g/mol. The van der Waals surface area contributed by atoms with E-state index in [1.165, 1.54) is 0 Å². The Bertz CT molecular complexity index is 508. The molecular weight excluding hydrogens is 232 g/mol. The Morgan fingerprint density at radius 3 is 2.94 bits per heavy atom. The minimum absolute atomic E-state index is 0.223. The highest BCUT2D eigenvalue weighted by molar-refractivity contribution is 5.76. The van der Waals surface area contributed by atoms with Crippen LogP contribution in [-0.2, 0) is 16.1 Å². The van der Waals surface area contributed by atoms with Gasteiger partial charge < -0.3 is 19.6 Å². The van der Waals surface area contributed by atoms with Crippen molar-refractivity contribution in [2.75, 3.05) is 18.9 Å². The number of hydrogen-bond acceptors (Lipinski definition) is 5. The van der Waals surface area contributed by atoms with Gasteiger partial charge in [-0.25, -0.2) is 4.98 Å². The van der Waals surface area contributed by atoms with Crippen LogP contribution in [0, 0.1) is 0 Å². The SMILES string of the molecule is CC(C)OCCOCc1nc2ccc(N)cc2o1. The molecule has 0 unspecified atom stereocenters. The summed E-state index contributed by atoms with van der Waals surface area (Å²) in [6.45, 7) is 5.43. The van der Waals surface area contributed by atoms with Crippen molar-refractivity contribution in [2.24, 2.45) is 0 Å². The summed E-state index contributed by atoms with van der Waals surface area (Å²) in [4.78, 5) is 4.30. The molecular formula is C13H18N2O3. The van der Waals surface area contributed by atoms with Gasteiger partial charge in [-0.1, -0.05) is 0 Å². The molecule has 98 valence electrons. The number of hydrogen-bond donors (Lipinski definition) is 1. The molecule has 1 aromatic heterocycles. The lowest BCUT2D eigenvalue weighted by Crippen LogP contribution is -2.09. The smallest absolute Gasteiger partial charge is 0.221 e. The number of ether oxygens (including phenoxy) is 2. The summed E-state index contributed by atoms with van der Waals surface area (Å²) in [5.74, 6) is 0.556. The molecule has 1 heterocycles. The molecule has 0 saturated carbocycles. The van der Waals surface area contributed by atoms with Gasteiger partial charge in [0.05, 0.1) is 19.3 Å². The zero-order valence-corrected chi connectivity index (χ0v) is 10.7. The highest BCUT2D eigenvalue weighted by Gasteiger charge is 2.05. The Balaban J connectivity index is 1.84. The number of nitrogens with two attached hydrogens (primary N) is 1. The van der Waals surface area contributed by atoms with Gasteiger partial charge in [-0.3, -0.25) is 0 Å². The highest BCUT2D eigenvalue weighted by atomic mass is 16.5. The lowest BCUT2D eigenvalue weighted by molar-refractivity contribution is 0.00959. The molecule has 18 heavy (non-hydrogen) atoms. The van der Waals surface area contributed by atoms with E-state index >= 15 is 0 Å². The topological polar surface area (TPSA) is 70.5 Å². The number of nitrogens with zero attached hydrogens (tertiary/aromatic N) is 1. The van der Waals surface area contributed by atoms with Gasteiger partial charge >= 0.3 is 0 Å². The van der Waals surface area contributed by atoms with Gasteiger partial charge in [0.2, 0.25) is 5.89 Å². The second-order valence-electron chi connectivity index (χ2n) is 4.31. The molecule has 0 aliphatic carbocycles. The maximum Gasteiger partial charge on any atom is 0.221 e. The molecule has 0 bridgehead atoms. The molecule has 5 nitrogen and oxygen atoms in total. The second kappa shape index (κ2) is 5.84. The van der Waals surface area contributed by atoms with Crippen LogP contribution in [0.1, 0.15) is 19.7 Å². The van der Waals surface area contributed by atoms with Crippen LogP contribution in [0.2, 0.25) is 0 Å². The molecule has 0 aliphatic rings. The van der Waals surface area contributed by atoms with Crippen LogP contribution in [0.3, 0.4) is 0 Å². The van der Waals surface area contributed by atoms with E-state index in [1.807, 2.05) is 19.9 Å². The van der Waals surface area contributed by atoms with Crippen molar-refractivity contribution in [3.05, 3.63) is 24.1 Å². The molecule has 2 aromatic rings. The maximum atomic E-state index is 5.67. The predicted molar refractivity (Wildman–Crippen MR) is 69.2 cm³/mol. The van der Waals surface area contributed by atoms with E-state index < -0.39 is 0 Å². The number of nitrogen functional groups attached to an aromatic ring is 1. The first-order valence-corrected chi connectivity index (χ1v) is 5.99.